The van der Waals surface area contributed by atoms with Crippen LogP contribution in [0.1, 0.15) is 23.3 Å². The Morgan fingerprint density at radius 1 is 1.40 bits per heavy atom. The van der Waals surface area contributed by atoms with Crippen LogP contribution in [0.3, 0.4) is 0 Å². The van der Waals surface area contributed by atoms with Crippen molar-refractivity contribution in [1.29, 1.82) is 0 Å². The monoisotopic (exact) mass is 275 g/mol. The van der Waals surface area contributed by atoms with E-state index in [1.54, 1.807) is 25.4 Å². The Hall–Kier alpha value is -2.83. The Morgan fingerprint density at radius 2 is 2.15 bits per heavy atom. The number of aromatic hydroxyl groups is 1. The number of anilines is 1. The molecule has 7 heteroatoms. The van der Waals surface area contributed by atoms with Gasteiger partial charge in [0.15, 0.2) is 0 Å². The van der Waals surface area contributed by atoms with E-state index in [4.69, 9.17) is 5.11 Å². The molecular weight excluding hydrogens is 262 g/mol. The Kier molecular flexibility index (Phi) is 3.69. The van der Waals surface area contributed by atoms with Gasteiger partial charge in [0, 0.05) is 12.4 Å². The smallest absolute Gasteiger partial charge is 0.335 e. The van der Waals surface area contributed by atoms with Gasteiger partial charge in [-0.1, -0.05) is 0 Å². The van der Waals surface area contributed by atoms with Crippen LogP contribution in [0.4, 0.5) is 5.69 Å². The van der Waals surface area contributed by atoms with Gasteiger partial charge in [0.25, 0.3) is 0 Å². The summed E-state index contributed by atoms with van der Waals surface area (Å²) in [6.07, 6.45) is 3.21. The van der Waals surface area contributed by atoms with Crippen LogP contribution in [0.15, 0.2) is 36.7 Å². The number of carbonyl (C=O) groups excluding carboxylic acids is 1. The van der Waals surface area contributed by atoms with Gasteiger partial charge in [-0.3, -0.25) is 9.48 Å². The first-order valence-electron chi connectivity index (χ1n) is 5.85. The average molecular weight is 275 g/mol. The molecule has 2 aromatic rings. The molecule has 3 N–H and O–H groups in total. The number of benzene rings is 1. The van der Waals surface area contributed by atoms with E-state index in [-0.39, 0.29) is 22.9 Å². The summed E-state index contributed by atoms with van der Waals surface area (Å²) < 4.78 is 1.47. The number of rotatable bonds is 4. The lowest BCUT2D eigenvalue weighted by Gasteiger charge is -2.13. The summed E-state index contributed by atoms with van der Waals surface area (Å²) in [6, 6.07) is 4.87. The van der Waals surface area contributed by atoms with Crippen LogP contribution >= 0.6 is 0 Å². The molecule has 0 spiro atoms. The second-order valence-corrected chi connectivity index (χ2v) is 4.19. The lowest BCUT2D eigenvalue weighted by molar-refractivity contribution is -0.119. The Balaban J connectivity index is 2.14. The van der Waals surface area contributed by atoms with Gasteiger partial charge in [-0.15, -0.1) is 0 Å². The van der Waals surface area contributed by atoms with E-state index in [0.29, 0.717) is 0 Å². The second kappa shape index (κ2) is 5.43. The predicted octanol–water partition coefficient (Wildman–Crippen LogP) is 1.49. The van der Waals surface area contributed by atoms with Crippen molar-refractivity contribution in [3.8, 4) is 5.75 Å². The molecule has 0 bridgehead atoms. The van der Waals surface area contributed by atoms with Crippen LogP contribution in [-0.4, -0.2) is 31.9 Å². The maximum absolute atomic E-state index is 12.0. The maximum atomic E-state index is 12.0. The Bertz CT molecular complexity index is 637. The predicted molar refractivity (Wildman–Crippen MR) is 70.6 cm³/mol. The number of carbonyl (C=O) groups is 2. The molecule has 1 heterocycles. The van der Waals surface area contributed by atoms with Crippen molar-refractivity contribution in [3.63, 3.8) is 0 Å². The number of carboxylic acid groups (broad SMARTS) is 1. The highest BCUT2D eigenvalue weighted by molar-refractivity contribution is 5.96. The Morgan fingerprint density at radius 3 is 2.70 bits per heavy atom. The molecule has 1 aromatic heterocycles. The third-order valence-corrected chi connectivity index (χ3v) is 2.80. The molecule has 1 aromatic carbocycles. The normalized spacial score (nSPS) is 11.8. The number of aromatic nitrogens is 2. The van der Waals surface area contributed by atoms with Crippen molar-refractivity contribution in [3.05, 3.63) is 42.2 Å². The number of amides is 1. The molecule has 1 atom stereocenters. The largest absolute Gasteiger partial charge is 0.506 e. The van der Waals surface area contributed by atoms with Crippen molar-refractivity contribution in [2.45, 2.75) is 13.0 Å². The summed E-state index contributed by atoms with van der Waals surface area (Å²) in [5.41, 5.74) is 0.0969. The number of hydrogen-bond donors (Lipinski definition) is 3. The van der Waals surface area contributed by atoms with Crippen LogP contribution in [0.5, 0.6) is 5.75 Å². The van der Waals surface area contributed by atoms with Gasteiger partial charge in [0.05, 0.1) is 11.3 Å². The first-order valence-corrected chi connectivity index (χ1v) is 5.85. The molecule has 20 heavy (non-hydrogen) atoms. The fraction of sp³-hybridized carbons (Fsp3) is 0.154. The molecule has 0 aliphatic carbocycles. The molecule has 7 nitrogen and oxygen atoms in total. The zero-order chi connectivity index (χ0) is 14.7. The van der Waals surface area contributed by atoms with E-state index in [9.17, 15) is 14.7 Å². The topological polar surface area (TPSA) is 104 Å². The van der Waals surface area contributed by atoms with Gasteiger partial charge in [-0.05, 0) is 31.2 Å². The van der Waals surface area contributed by atoms with Gasteiger partial charge in [-0.2, -0.15) is 5.10 Å². The van der Waals surface area contributed by atoms with Gasteiger partial charge < -0.3 is 15.5 Å². The molecular formula is C13H13N3O4. The number of carboxylic acids is 1. The highest BCUT2D eigenvalue weighted by atomic mass is 16.4. The second-order valence-electron chi connectivity index (χ2n) is 4.19. The lowest BCUT2D eigenvalue weighted by atomic mass is 10.2. The number of nitrogens with one attached hydrogen (secondary N) is 1. The highest BCUT2D eigenvalue weighted by Gasteiger charge is 2.17. The van der Waals surface area contributed by atoms with Crippen LogP contribution in [0.25, 0.3) is 0 Å². The molecule has 0 aliphatic heterocycles. The first kappa shape index (κ1) is 13.6. The SMILES string of the molecule is CC(C(=O)Nc1ccc(C(=O)O)cc1O)n1cccn1. The van der Waals surface area contributed by atoms with Crippen molar-refractivity contribution in [2.75, 3.05) is 5.32 Å². The molecule has 0 fully saturated rings. The summed E-state index contributed by atoms with van der Waals surface area (Å²) in [5.74, 6) is -1.82. The third kappa shape index (κ3) is 2.77. The number of phenolic OH excluding ortho intramolecular Hbond substituents is 1. The van der Waals surface area contributed by atoms with E-state index in [0.717, 1.165) is 6.07 Å². The molecule has 2 rings (SSSR count). The Labute approximate surface area is 114 Å². The minimum absolute atomic E-state index is 0.0550. The molecule has 0 saturated carbocycles. The molecule has 1 unspecified atom stereocenters. The fourth-order valence-corrected chi connectivity index (χ4v) is 1.64. The lowest BCUT2D eigenvalue weighted by Crippen LogP contribution is -2.24. The number of hydrogen-bond acceptors (Lipinski definition) is 4. The van der Waals surface area contributed by atoms with E-state index in [1.165, 1.54) is 16.8 Å². The molecule has 104 valence electrons. The number of aromatic carboxylic acids is 1. The van der Waals surface area contributed by atoms with Gasteiger partial charge >= 0.3 is 5.97 Å². The van der Waals surface area contributed by atoms with E-state index in [1.807, 2.05) is 0 Å². The van der Waals surface area contributed by atoms with Crippen LogP contribution in [0, 0.1) is 0 Å². The number of phenols is 1. The number of nitrogens with zero attached hydrogens (tertiary/aromatic N) is 2. The minimum atomic E-state index is -1.15. The van der Waals surface area contributed by atoms with E-state index < -0.39 is 12.0 Å². The molecule has 1 amide bonds. The van der Waals surface area contributed by atoms with Crippen molar-refractivity contribution < 1.29 is 19.8 Å². The maximum Gasteiger partial charge on any atom is 0.335 e. The first-order chi connectivity index (χ1) is 9.49. The molecule has 0 aliphatic rings. The summed E-state index contributed by atoms with van der Waals surface area (Å²) >= 11 is 0. The summed E-state index contributed by atoms with van der Waals surface area (Å²) in [5, 5.41) is 25.0. The molecule has 0 radical (unpaired) electrons. The zero-order valence-corrected chi connectivity index (χ0v) is 10.6. The third-order valence-electron chi connectivity index (χ3n) is 2.80. The summed E-state index contributed by atoms with van der Waals surface area (Å²) in [6.45, 7) is 1.66. The highest BCUT2D eigenvalue weighted by Crippen LogP contribution is 2.25. The van der Waals surface area contributed by atoms with Crippen LogP contribution in [-0.2, 0) is 4.79 Å². The van der Waals surface area contributed by atoms with Gasteiger partial charge in [0.2, 0.25) is 5.91 Å². The minimum Gasteiger partial charge on any atom is -0.506 e. The van der Waals surface area contributed by atoms with E-state index in [2.05, 4.69) is 10.4 Å². The fourth-order valence-electron chi connectivity index (χ4n) is 1.64. The zero-order valence-electron chi connectivity index (χ0n) is 10.6. The standard InChI is InChI=1S/C13H13N3O4/c1-8(16-6-2-5-14-16)12(18)15-10-4-3-9(13(19)20)7-11(10)17/h2-8,17H,1H3,(H,15,18)(H,19,20). The van der Waals surface area contributed by atoms with Gasteiger partial charge in [-0.25, -0.2) is 4.79 Å². The quantitative estimate of drug-likeness (QED) is 0.733. The van der Waals surface area contributed by atoms with Crippen molar-refractivity contribution >= 4 is 17.6 Å². The van der Waals surface area contributed by atoms with E-state index >= 15 is 0 Å². The summed E-state index contributed by atoms with van der Waals surface area (Å²) in [7, 11) is 0. The molecule has 0 saturated heterocycles. The van der Waals surface area contributed by atoms with Gasteiger partial charge in [0.1, 0.15) is 11.8 Å². The van der Waals surface area contributed by atoms with Crippen LogP contribution in [0.2, 0.25) is 0 Å². The van der Waals surface area contributed by atoms with Crippen molar-refractivity contribution in [1.82, 2.24) is 9.78 Å². The van der Waals surface area contributed by atoms with Crippen molar-refractivity contribution in [2.24, 2.45) is 0 Å². The van der Waals surface area contributed by atoms with Crippen LogP contribution < -0.4 is 5.32 Å². The average Bonchev–Trinajstić information content (AvgIpc) is 2.93. The summed E-state index contributed by atoms with van der Waals surface area (Å²) in [4.78, 5) is 22.7.